The maximum atomic E-state index is 9.89. The van der Waals surface area contributed by atoms with Crippen molar-refractivity contribution in [1.82, 2.24) is 0 Å². The number of carboxylic acids is 1. The highest BCUT2D eigenvalue weighted by Crippen LogP contribution is 1.98. The van der Waals surface area contributed by atoms with E-state index in [9.17, 15) is 4.79 Å². The number of allylic oxidation sites excluding steroid dienone is 1. The van der Waals surface area contributed by atoms with Crippen LogP contribution in [0.15, 0.2) is 6.08 Å². The second kappa shape index (κ2) is 6.33. The van der Waals surface area contributed by atoms with Crippen LogP contribution >= 0.6 is 0 Å². The van der Waals surface area contributed by atoms with Gasteiger partial charge in [-0.1, -0.05) is 25.8 Å². The second-order valence-corrected chi connectivity index (χ2v) is 2.15. The molecule has 0 aliphatic heterocycles. The van der Waals surface area contributed by atoms with Gasteiger partial charge in [-0.05, 0) is 12.8 Å². The molecule has 1 N–H and O–H groups in total. The van der Waals surface area contributed by atoms with E-state index in [1.165, 1.54) is 6.42 Å². The van der Waals surface area contributed by atoms with Crippen LogP contribution < -0.4 is 0 Å². The Kier molecular flexibility index (Phi) is 5.83. The largest absolute Gasteiger partial charge is 0.478 e. The first-order valence-electron chi connectivity index (χ1n) is 3.58. The number of hydrogen-bond donors (Lipinski definition) is 1. The molecule has 0 aliphatic carbocycles. The number of carbonyl (C=O) groups is 1. The van der Waals surface area contributed by atoms with Crippen molar-refractivity contribution in [2.75, 3.05) is 0 Å². The van der Waals surface area contributed by atoms with Gasteiger partial charge in [-0.3, -0.25) is 0 Å². The topological polar surface area (TPSA) is 37.3 Å². The molecule has 0 unspecified atom stereocenters. The minimum Gasteiger partial charge on any atom is -0.478 e. The van der Waals surface area contributed by atoms with Gasteiger partial charge in [0.05, 0.1) is 6.08 Å². The van der Waals surface area contributed by atoms with Gasteiger partial charge in [-0.15, -0.1) is 0 Å². The molecule has 0 saturated carbocycles. The summed E-state index contributed by atoms with van der Waals surface area (Å²) in [5, 5.41) is 8.13. The molecule has 0 aromatic carbocycles. The summed E-state index contributed by atoms with van der Waals surface area (Å²) in [6.07, 6.45) is 8.01. The molecule has 1 radical (unpaired) electrons. The van der Waals surface area contributed by atoms with E-state index in [1.54, 1.807) is 6.08 Å². The maximum absolute atomic E-state index is 9.89. The van der Waals surface area contributed by atoms with Gasteiger partial charge in [0.25, 0.3) is 0 Å². The maximum Gasteiger partial charge on any atom is 0.336 e. The highest BCUT2D eigenvalue weighted by atomic mass is 16.4. The van der Waals surface area contributed by atoms with Crippen molar-refractivity contribution in [3.63, 3.8) is 0 Å². The summed E-state index contributed by atoms with van der Waals surface area (Å²) in [4.78, 5) is 9.89. The summed E-state index contributed by atoms with van der Waals surface area (Å²) >= 11 is 0. The molecule has 2 heteroatoms. The molecular weight excluding hydrogens is 128 g/mol. The van der Waals surface area contributed by atoms with Crippen LogP contribution in [0, 0.1) is 6.08 Å². The summed E-state index contributed by atoms with van der Waals surface area (Å²) in [5.74, 6) is -0.975. The van der Waals surface area contributed by atoms with Gasteiger partial charge >= 0.3 is 5.97 Å². The molecule has 0 saturated heterocycles. The van der Waals surface area contributed by atoms with Gasteiger partial charge < -0.3 is 5.11 Å². The minimum absolute atomic E-state index is 0.833. The van der Waals surface area contributed by atoms with E-state index in [1.807, 2.05) is 0 Å². The van der Waals surface area contributed by atoms with Crippen LogP contribution in [0.3, 0.4) is 0 Å². The van der Waals surface area contributed by atoms with Crippen molar-refractivity contribution in [1.29, 1.82) is 0 Å². The Hall–Kier alpha value is -0.790. The van der Waals surface area contributed by atoms with Crippen molar-refractivity contribution in [2.24, 2.45) is 0 Å². The van der Waals surface area contributed by atoms with Crippen LogP contribution in [0.4, 0.5) is 0 Å². The first-order chi connectivity index (χ1) is 4.77. The number of unbranched alkanes of at least 4 members (excludes halogenated alkanes) is 3. The Morgan fingerprint density at radius 1 is 1.60 bits per heavy atom. The highest BCUT2D eigenvalue weighted by molar-refractivity contribution is 5.75. The average Bonchev–Trinajstić information content (AvgIpc) is 1.87. The fraction of sp³-hybridized carbons (Fsp3) is 0.625. The Morgan fingerprint density at radius 2 is 2.30 bits per heavy atom. The number of aliphatic carboxylic acids is 1. The second-order valence-electron chi connectivity index (χ2n) is 2.15. The quantitative estimate of drug-likeness (QED) is 0.469. The first kappa shape index (κ1) is 9.21. The monoisotopic (exact) mass is 141 g/mol. The zero-order chi connectivity index (χ0) is 7.82. The lowest BCUT2D eigenvalue weighted by Gasteiger charge is -1.89. The highest BCUT2D eigenvalue weighted by Gasteiger charge is 1.85. The third-order valence-electron chi connectivity index (χ3n) is 1.18. The molecule has 0 aromatic rings. The third-order valence-corrected chi connectivity index (χ3v) is 1.18. The molecular formula is C8H13O2. The van der Waals surface area contributed by atoms with Crippen molar-refractivity contribution in [2.45, 2.75) is 32.6 Å². The van der Waals surface area contributed by atoms with Crippen LogP contribution in [0.25, 0.3) is 0 Å². The molecule has 0 heterocycles. The summed E-state index contributed by atoms with van der Waals surface area (Å²) in [6, 6.07) is 0. The van der Waals surface area contributed by atoms with E-state index in [4.69, 9.17) is 5.11 Å². The SMILES string of the molecule is CCCCC/C=[C]\C(=O)O. The number of hydrogen-bond acceptors (Lipinski definition) is 1. The fourth-order valence-corrected chi connectivity index (χ4v) is 0.656. The average molecular weight is 141 g/mol. The Labute approximate surface area is 61.6 Å². The van der Waals surface area contributed by atoms with E-state index >= 15 is 0 Å². The van der Waals surface area contributed by atoms with Gasteiger partial charge in [0.15, 0.2) is 0 Å². The molecule has 0 spiro atoms. The lowest BCUT2D eigenvalue weighted by Crippen LogP contribution is -1.86. The fourth-order valence-electron chi connectivity index (χ4n) is 0.656. The summed E-state index contributed by atoms with van der Waals surface area (Å²) < 4.78 is 0. The van der Waals surface area contributed by atoms with Gasteiger partial charge in [0, 0.05) is 0 Å². The zero-order valence-corrected chi connectivity index (χ0v) is 6.26. The van der Waals surface area contributed by atoms with Gasteiger partial charge in [-0.2, -0.15) is 0 Å². The molecule has 2 nitrogen and oxygen atoms in total. The summed E-state index contributed by atoms with van der Waals surface area (Å²) in [6.45, 7) is 2.12. The van der Waals surface area contributed by atoms with Crippen LogP contribution in [-0.4, -0.2) is 11.1 Å². The molecule has 0 aliphatic rings. The van der Waals surface area contributed by atoms with Crippen LogP contribution in [0.1, 0.15) is 32.6 Å². The predicted octanol–water partition coefficient (Wildman–Crippen LogP) is 2.01. The van der Waals surface area contributed by atoms with E-state index in [-0.39, 0.29) is 0 Å². The predicted molar refractivity (Wildman–Crippen MR) is 39.6 cm³/mol. The summed E-state index contributed by atoms with van der Waals surface area (Å²) in [7, 11) is 0. The van der Waals surface area contributed by atoms with Crippen molar-refractivity contribution >= 4 is 5.97 Å². The standard InChI is InChI=1S/C8H13O2/c1-2-3-4-5-6-7-8(9)10/h6H,2-5H2,1H3,(H,9,10). The molecule has 0 fully saturated rings. The van der Waals surface area contributed by atoms with Crippen molar-refractivity contribution < 1.29 is 9.90 Å². The minimum atomic E-state index is -0.975. The molecule has 10 heavy (non-hydrogen) atoms. The first-order valence-corrected chi connectivity index (χ1v) is 3.58. The zero-order valence-electron chi connectivity index (χ0n) is 6.26. The third kappa shape index (κ3) is 7.21. The smallest absolute Gasteiger partial charge is 0.336 e. The molecule has 0 aromatic heterocycles. The lowest BCUT2D eigenvalue weighted by atomic mass is 10.2. The molecule has 0 atom stereocenters. The Morgan fingerprint density at radius 3 is 2.80 bits per heavy atom. The van der Waals surface area contributed by atoms with Crippen LogP contribution in [0.2, 0.25) is 0 Å². The van der Waals surface area contributed by atoms with E-state index in [2.05, 4.69) is 13.0 Å². The molecule has 57 valence electrons. The Balaban J connectivity index is 3.10. The van der Waals surface area contributed by atoms with Crippen molar-refractivity contribution in [3.05, 3.63) is 12.2 Å². The number of rotatable bonds is 5. The number of carboxylic acid groups (broad SMARTS) is 1. The van der Waals surface area contributed by atoms with Crippen LogP contribution in [-0.2, 0) is 4.79 Å². The molecule has 0 bridgehead atoms. The summed E-state index contributed by atoms with van der Waals surface area (Å²) in [5.41, 5.74) is 0. The van der Waals surface area contributed by atoms with Gasteiger partial charge in [0.1, 0.15) is 0 Å². The van der Waals surface area contributed by atoms with E-state index < -0.39 is 5.97 Å². The normalized spacial score (nSPS) is 10.5. The Bertz CT molecular complexity index is 116. The van der Waals surface area contributed by atoms with Crippen LogP contribution in [0.5, 0.6) is 0 Å². The molecule has 0 rings (SSSR count). The van der Waals surface area contributed by atoms with E-state index in [0.29, 0.717) is 0 Å². The van der Waals surface area contributed by atoms with Crippen molar-refractivity contribution in [3.8, 4) is 0 Å². The van der Waals surface area contributed by atoms with E-state index in [0.717, 1.165) is 19.3 Å². The lowest BCUT2D eigenvalue weighted by molar-refractivity contribution is -0.132. The van der Waals surface area contributed by atoms with Gasteiger partial charge in [0.2, 0.25) is 0 Å². The van der Waals surface area contributed by atoms with Gasteiger partial charge in [-0.25, -0.2) is 4.79 Å². The molecule has 0 amide bonds.